The molecule has 0 radical (unpaired) electrons. The molecule has 5 nitrogen and oxygen atoms in total. The van der Waals surface area contributed by atoms with Crippen molar-refractivity contribution in [1.82, 2.24) is 4.31 Å². The molecular weight excluding hydrogens is 350 g/mol. The standard InChI is InChI=1S/C20H23NO4S/c1-14(2)15-7-9-17(10-8-15)26(24,25)21-12-11-16-5-3-4-6-18(16)19(21)13-20(22)23/h3-10,14,19H,11-13H2,1-2H3,(H,22,23). The van der Waals surface area contributed by atoms with E-state index in [0.717, 1.165) is 16.7 Å². The van der Waals surface area contributed by atoms with Gasteiger partial charge in [-0.25, -0.2) is 8.42 Å². The van der Waals surface area contributed by atoms with Crippen LogP contribution in [0.1, 0.15) is 48.9 Å². The lowest BCUT2D eigenvalue weighted by Gasteiger charge is -2.35. The Hall–Kier alpha value is -2.18. The maximum atomic E-state index is 13.2. The summed E-state index contributed by atoms with van der Waals surface area (Å²) in [5.74, 6) is -0.699. The van der Waals surface area contributed by atoms with E-state index in [9.17, 15) is 18.3 Å². The van der Waals surface area contributed by atoms with Gasteiger partial charge in [-0.2, -0.15) is 4.31 Å². The van der Waals surface area contributed by atoms with Gasteiger partial charge >= 0.3 is 5.97 Å². The first kappa shape index (κ1) is 18.6. The lowest BCUT2D eigenvalue weighted by Crippen LogP contribution is -2.40. The van der Waals surface area contributed by atoms with Crippen molar-refractivity contribution in [3.05, 3.63) is 65.2 Å². The van der Waals surface area contributed by atoms with Crippen LogP contribution < -0.4 is 0 Å². The second-order valence-electron chi connectivity index (χ2n) is 6.90. The van der Waals surface area contributed by atoms with Crippen LogP contribution in [0.25, 0.3) is 0 Å². The lowest BCUT2D eigenvalue weighted by molar-refractivity contribution is -0.138. The number of hydrogen-bond donors (Lipinski definition) is 1. The zero-order valence-electron chi connectivity index (χ0n) is 14.9. The highest BCUT2D eigenvalue weighted by molar-refractivity contribution is 7.89. The van der Waals surface area contributed by atoms with Crippen LogP contribution in [0.4, 0.5) is 0 Å². The largest absolute Gasteiger partial charge is 0.481 e. The Morgan fingerprint density at radius 2 is 1.81 bits per heavy atom. The topological polar surface area (TPSA) is 74.7 Å². The van der Waals surface area contributed by atoms with Gasteiger partial charge in [0.15, 0.2) is 0 Å². The molecule has 0 saturated heterocycles. The fourth-order valence-electron chi connectivity index (χ4n) is 3.45. The molecule has 0 aliphatic carbocycles. The van der Waals surface area contributed by atoms with Gasteiger partial charge in [-0.15, -0.1) is 0 Å². The van der Waals surface area contributed by atoms with Crippen LogP contribution in [0.2, 0.25) is 0 Å². The third-order valence-corrected chi connectivity index (χ3v) is 6.81. The number of benzene rings is 2. The smallest absolute Gasteiger partial charge is 0.305 e. The SMILES string of the molecule is CC(C)c1ccc(S(=O)(=O)N2CCc3ccccc3C2CC(=O)O)cc1. The van der Waals surface area contributed by atoms with Crippen LogP contribution in [0.5, 0.6) is 0 Å². The number of fused-ring (bicyclic) bond motifs is 1. The highest BCUT2D eigenvalue weighted by atomic mass is 32.2. The van der Waals surface area contributed by atoms with Gasteiger partial charge in [0.2, 0.25) is 10.0 Å². The lowest BCUT2D eigenvalue weighted by atomic mass is 9.92. The summed E-state index contributed by atoms with van der Waals surface area (Å²) < 4.78 is 27.7. The van der Waals surface area contributed by atoms with E-state index in [1.165, 1.54) is 4.31 Å². The Balaban J connectivity index is 2.01. The first-order valence-electron chi connectivity index (χ1n) is 8.72. The van der Waals surface area contributed by atoms with Gasteiger partial charge in [0, 0.05) is 6.54 Å². The van der Waals surface area contributed by atoms with Crippen molar-refractivity contribution in [1.29, 1.82) is 0 Å². The Labute approximate surface area is 154 Å². The van der Waals surface area contributed by atoms with E-state index in [1.54, 1.807) is 12.1 Å². The number of carboxylic acid groups (broad SMARTS) is 1. The molecule has 1 aliphatic rings. The third kappa shape index (κ3) is 3.52. The van der Waals surface area contributed by atoms with Crippen LogP contribution in [-0.4, -0.2) is 30.3 Å². The minimum atomic E-state index is -3.77. The Bertz CT molecular complexity index is 904. The highest BCUT2D eigenvalue weighted by Crippen LogP contribution is 2.36. The van der Waals surface area contributed by atoms with Crippen molar-refractivity contribution in [2.24, 2.45) is 0 Å². The molecule has 1 N–H and O–H groups in total. The van der Waals surface area contributed by atoms with E-state index in [1.807, 2.05) is 50.2 Å². The second-order valence-corrected chi connectivity index (χ2v) is 8.79. The van der Waals surface area contributed by atoms with E-state index >= 15 is 0 Å². The molecule has 3 rings (SSSR count). The van der Waals surface area contributed by atoms with Crippen molar-refractivity contribution in [3.63, 3.8) is 0 Å². The Kier molecular flexibility index (Phi) is 5.16. The Morgan fingerprint density at radius 1 is 1.15 bits per heavy atom. The summed E-state index contributed by atoms with van der Waals surface area (Å²) in [6.45, 7) is 4.38. The van der Waals surface area contributed by atoms with E-state index in [2.05, 4.69) is 0 Å². The van der Waals surface area contributed by atoms with Crippen LogP contribution in [0.3, 0.4) is 0 Å². The molecule has 26 heavy (non-hydrogen) atoms. The fraction of sp³-hybridized carbons (Fsp3) is 0.350. The van der Waals surface area contributed by atoms with Gasteiger partial charge in [-0.3, -0.25) is 4.79 Å². The normalized spacial score (nSPS) is 17.9. The molecule has 2 aromatic carbocycles. The quantitative estimate of drug-likeness (QED) is 0.869. The number of nitrogens with zero attached hydrogens (tertiary/aromatic N) is 1. The van der Waals surface area contributed by atoms with Gasteiger partial charge < -0.3 is 5.11 Å². The van der Waals surface area contributed by atoms with Gasteiger partial charge in [0.1, 0.15) is 0 Å². The molecule has 1 heterocycles. The van der Waals surface area contributed by atoms with Crippen molar-refractivity contribution >= 4 is 16.0 Å². The second kappa shape index (κ2) is 7.21. The number of hydrogen-bond acceptors (Lipinski definition) is 3. The molecule has 138 valence electrons. The van der Waals surface area contributed by atoms with E-state index in [-0.39, 0.29) is 17.9 Å². The molecule has 0 saturated carbocycles. The number of carbonyl (C=O) groups is 1. The molecule has 1 unspecified atom stereocenters. The maximum absolute atomic E-state index is 13.2. The van der Waals surface area contributed by atoms with E-state index < -0.39 is 22.0 Å². The molecule has 6 heteroatoms. The minimum Gasteiger partial charge on any atom is -0.481 e. The van der Waals surface area contributed by atoms with Gasteiger partial charge in [-0.1, -0.05) is 50.2 Å². The zero-order chi connectivity index (χ0) is 18.9. The molecule has 0 fully saturated rings. The summed E-state index contributed by atoms with van der Waals surface area (Å²) in [6.07, 6.45) is 0.329. The summed E-state index contributed by atoms with van der Waals surface area (Å²) in [5, 5.41) is 9.32. The van der Waals surface area contributed by atoms with Gasteiger partial charge in [-0.05, 0) is 41.2 Å². The highest BCUT2D eigenvalue weighted by Gasteiger charge is 2.37. The average Bonchev–Trinajstić information content (AvgIpc) is 2.61. The summed E-state index contributed by atoms with van der Waals surface area (Å²) in [6, 6.07) is 13.7. The van der Waals surface area contributed by atoms with Crippen LogP contribution in [0.15, 0.2) is 53.4 Å². The molecule has 0 spiro atoms. The monoisotopic (exact) mass is 373 g/mol. The van der Waals surface area contributed by atoms with Gasteiger partial charge in [0.25, 0.3) is 0 Å². The van der Waals surface area contributed by atoms with Crippen LogP contribution in [-0.2, 0) is 21.2 Å². The van der Waals surface area contributed by atoms with E-state index in [0.29, 0.717) is 12.3 Å². The van der Waals surface area contributed by atoms with Crippen LogP contribution in [0, 0.1) is 0 Å². The van der Waals surface area contributed by atoms with Crippen molar-refractivity contribution in [3.8, 4) is 0 Å². The predicted molar refractivity (Wildman–Crippen MR) is 99.6 cm³/mol. The molecular formula is C20H23NO4S. The average molecular weight is 373 g/mol. The first-order valence-corrected chi connectivity index (χ1v) is 10.2. The Morgan fingerprint density at radius 3 is 2.42 bits per heavy atom. The molecule has 0 aromatic heterocycles. The molecule has 0 amide bonds. The molecule has 1 atom stereocenters. The van der Waals surface area contributed by atoms with Crippen molar-refractivity contribution in [2.45, 2.75) is 43.5 Å². The number of sulfonamides is 1. The van der Waals surface area contributed by atoms with Crippen molar-refractivity contribution in [2.75, 3.05) is 6.54 Å². The third-order valence-electron chi connectivity index (χ3n) is 4.88. The zero-order valence-corrected chi connectivity index (χ0v) is 15.7. The maximum Gasteiger partial charge on any atom is 0.305 e. The molecule has 1 aliphatic heterocycles. The fourth-order valence-corrected chi connectivity index (χ4v) is 5.06. The van der Waals surface area contributed by atoms with Gasteiger partial charge in [0.05, 0.1) is 17.4 Å². The van der Waals surface area contributed by atoms with Crippen molar-refractivity contribution < 1.29 is 18.3 Å². The summed E-state index contributed by atoms with van der Waals surface area (Å²) in [4.78, 5) is 11.6. The number of aliphatic carboxylic acids is 1. The summed E-state index contributed by atoms with van der Waals surface area (Å²) in [7, 11) is -3.77. The van der Waals surface area contributed by atoms with Crippen LogP contribution >= 0.6 is 0 Å². The number of carboxylic acids is 1. The predicted octanol–water partition coefficient (Wildman–Crippen LogP) is 3.57. The summed E-state index contributed by atoms with van der Waals surface area (Å²) >= 11 is 0. The molecule has 2 aromatic rings. The van der Waals surface area contributed by atoms with E-state index in [4.69, 9.17) is 0 Å². The summed E-state index contributed by atoms with van der Waals surface area (Å²) in [5.41, 5.74) is 2.86. The first-order chi connectivity index (χ1) is 12.3. The number of rotatable bonds is 5. The molecule has 0 bridgehead atoms. The minimum absolute atomic E-state index is 0.205.